The lowest BCUT2D eigenvalue weighted by Crippen LogP contribution is -2.39. The van der Waals surface area contributed by atoms with Crippen LogP contribution in [0.15, 0.2) is 5.16 Å². The SMILES string of the molecule is COC(=O)CCC1=NOC(C(=O)N2CCOC2=O)C1. The van der Waals surface area contributed by atoms with Gasteiger partial charge in [-0.15, -0.1) is 0 Å². The number of carbonyl (C=O) groups excluding carboxylic acids is 3. The average Bonchev–Trinajstić information content (AvgIpc) is 3.04. The number of cyclic esters (lactones) is 1. The van der Waals surface area contributed by atoms with Crippen LogP contribution in [0.5, 0.6) is 0 Å². The molecule has 0 bridgehead atoms. The molecule has 1 saturated heterocycles. The molecule has 2 aliphatic heterocycles. The van der Waals surface area contributed by atoms with Crippen LogP contribution >= 0.6 is 0 Å². The van der Waals surface area contributed by atoms with E-state index in [-0.39, 0.29) is 32.0 Å². The Morgan fingerprint density at radius 3 is 2.95 bits per heavy atom. The van der Waals surface area contributed by atoms with Crippen molar-refractivity contribution in [2.24, 2.45) is 5.16 Å². The highest BCUT2D eigenvalue weighted by Gasteiger charge is 2.37. The second-order valence-corrected chi connectivity index (χ2v) is 4.14. The van der Waals surface area contributed by atoms with Crippen LogP contribution in [0.2, 0.25) is 0 Å². The van der Waals surface area contributed by atoms with E-state index in [9.17, 15) is 14.4 Å². The first kappa shape index (κ1) is 13.3. The fraction of sp³-hybridized carbons (Fsp3) is 0.636. The first-order chi connectivity index (χ1) is 9.11. The fourth-order valence-corrected chi connectivity index (χ4v) is 1.82. The molecule has 2 amide bonds. The molecule has 2 rings (SSSR count). The fourth-order valence-electron chi connectivity index (χ4n) is 1.82. The Bertz CT molecular complexity index is 433. The molecule has 0 aromatic carbocycles. The van der Waals surface area contributed by atoms with E-state index in [1.54, 1.807) is 0 Å². The number of hydrogen-bond acceptors (Lipinski definition) is 7. The van der Waals surface area contributed by atoms with Gasteiger partial charge in [0, 0.05) is 6.42 Å². The number of methoxy groups -OCH3 is 1. The van der Waals surface area contributed by atoms with Crippen molar-refractivity contribution in [3.05, 3.63) is 0 Å². The third-order valence-electron chi connectivity index (χ3n) is 2.88. The van der Waals surface area contributed by atoms with Gasteiger partial charge in [0.15, 0.2) is 0 Å². The third kappa shape index (κ3) is 3.01. The van der Waals surface area contributed by atoms with Gasteiger partial charge in [0.2, 0.25) is 6.10 Å². The Morgan fingerprint density at radius 1 is 1.53 bits per heavy atom. The Hall–Kier alpha value is -2.12. The predicted molar refractivity (Wildman–Crippen MR) is 61.2 cm³/mol. The molecule has 0 aromatic heterocycles. The van der Waals surface area contributed by atoms with Gasteiger partial charge in [-0.3, -0.25) is 9.59 Å². The van der Waals surface area contributed by atoms with Crippen LogP contribution in [0.4, 0.5) is 4.79 Å². The summed E-state index contributed by atoms with van der Waals surface area (Å²) in [7, 11) is 1.31. The molecular formula is C11H14N2O6. The molecule has 0 spiro atoms. The molecule has 2 aliphatic rings. The van der Waals surface area contributed by atoms with Gasteiger partial charge < -0.3 is 14.3 Å². The van der Waals surface area contributed by atoms with Gasteiger partial charge in [0.05, 0.1) is 25.8 Å². The van der Waals surface area contributed by atoms with Crippen molar-refractivity contribution in [3.8, 4) is 0 Å². The van der Waals surface area contributed by atoms with Crippen molar-refractivity contribution in [1.82, 2.24) is 4.90 Å². The summed E-state index contributed by atoms with van der Waals surface area (Å²) in [5.74, 6) is -0.806. The number of rotatable bonds is 4. The summed E-state index contributed by atoms with van der Waals surface area (Å²) in [5, 5.41) is 3.75. The number of carbonyl (C=O) groups is 3. The zero-order valence-corrected chi connectivity index (χ0v) is 10.5. The van der Waals surface area contributed by atoms with Gasteiger partial charge >= 0.3 is 12.1 Å². The number of esters is 1. The molecule has 0 aliphatic carbocycles. The van der Waals surface area contributed by atoms with E-state index in [1.165, 1.54) is 7.11 Å². The number of ether oxygens (including phenoxy) is 2. The molecule has 1 unspecified atom stereocenters. The maximum absolute atomic E-state index is 11.9. The van der Waals surface area contributed by atoms with Gasteiger partial charge in [-0.05, 0) is 6.42 Å². The molecule has 8 nitrogen and oxygen atoms in total. The molecule has 0 saturated carbocycles. The minimum Gasteiger partial charge on any atom is -0.469 e. The molecule has 19 heavy (non-hydrogen) atoms. The van der Waals surface area contributed by atoms with E-state index >= 15 is 0 Å². The van der Waals surface area contributed by atoms with Crippen LogP contribution in [0.3, 0.4) is 0 Å². The van der Waals surface area contributed by atoms with Gasteiger partial charge in [0.1, 0.15) is 6.61 Å². The summed E-state index contributed by atoms with van der Waals surface area (Å²) < 4.78 is 9.19. The Kier molecular flexibility index (Phi) is 3.98. The summed E-state index contributed by atoms with van der Waals surface area (Å²) in [6, 6.07) is 0. The normalized spacial score (nSPS) is 21.7. The molecule has 2 heterocycles. The summed E-state index contributed by atoms with van der Waals surface area (Å²) in [4.78, 5) is 40.1. The van der Waals surface area contributed by atoms with Crippen molar-refractivity contribution in [2.75, 3.05) is 20.3 Å². The highest BCUT2D eigenvalue weighted by Crippen LogP contribution is 2.18. The number of nitrogens with zero attached hydrogens (tertiary/aromatic N) is 2. The lowest BCUT2D eigenvalue weighted by molar-refractivity contribution is -0.140. The standard InChI is InChI=1S/C11H14N2O6/c1-17-9(14)3-2-7-6-8(19-12-7)10(15)13-4-5-18-11(13)16/h8H,2-6H2,1H3. The molecule has 8 heteroatoms. The zero-order valence-electron chi connectivity index (χ0n) is 10.5. The van der Waals surface area contributed by atoms with E-state index in [4.69, 9.17) is 4.84 Å². The molecule has 1 atom stereocenters. The Morgan fingerprint density at radius 2 is 2.32 bits per heavy atom. The highest BCUT2D eigenvalue weighted by atomic mass is 16.6. The van der Waals surface area contributed by atoms with Crippen LogP contribution in [0.25, 0.3) is 0 Å². The van der Waals surface area contributed by atoms with E-state index < -0.39 is 18.1 Å². The summed E-state index contributed by atoms with van der Waals surface area (Å²) in [6.45, 7) is 0.433. The largest absolute Gasteiger partial charge is 0.469 e. The Balaban J connectivity index is 1.81. The second kappa shape index (κ2) is 5.68. The second-order valence-electron chi connectivity index (χ2n) is 4.14. The summed E-state index contributed by atoms with van der Waals surface area (Å²) in [6.07, 6.45) is -0.624. The molecule has 0 radical (unpaired) electrons. The van der Waals surface area contributed by atoms with Crippen molar-refractivity contribution < 1.29 is 28.7 Å². The van der Waals surface area contributed by atoms with Crippen molar-refractivity contribution >= 4 is 23.7 Å². The van der Waals surface area contributed by atoms with Crippen molar-refractivity contribution in [3.63, 3.8) is 0 Å². The topological polar surface area (TPSA) is 94.5 Å². The minimum atomic E-state index is -0.807. The van der Waals surface area contributed by atoms with Gasteiger partial charge in [-0.1, -0.05) is 5.16 Å². The first-order valence-electron chi connectivity index (χ1n) is 5.88. The van der Waals surface area contributed by atoms with E-state index in [2.05, 4.69) is 14.6 Å². The van der Waals surface area contributed by atoms with Crippen LogP contribution in [-0.4, -0.2) is 54.9 Å². The molecule has 104 valence electrons. The van der Waals surface area contributed by atoms with E-state index in [1.807, 2.05) is 0 Å². The lowest BCUT2D eigenvalue weighted by Gasteiger charge is -2.13. The van der Waals surface area contributed by atoms with Crippen molar-refractivity contribution in [2.45, 2.75) is 25.4 Å². The van der Waals surface area contributed by atoms with Crippen molar-refractivity contribution in [1.29, 1.82) is 0 Å². The van der Waals surface area contributed by atoms with E-state index in [0.717, 1.165) is 4.90 Å². The van der Waals surface area contributed by atoms with Crippen LogP contribution in [0, 0.1) is 0 Å². The Labute approximate surface area is 109 Å². The smallest absolute Gasteiger partial charge is 0.416 e. The lowest BCUT2D eigenvalue weighted by atomic mass is 10.1. The monoisotopic (exact) mass is 270 g/mol. The summed E-state index contributed by atoms with van der Waals surface area (Å²) >= 11 is 0. The minimum absolute atomic E-state index is 0.186. The molecule has 0 aromatic rings. The maximum atomic E-state index is 11.9. The number of imide groups is 1. The summed E-state index contributed by atoms with van der Waals surface area (Å²) in [5.41, 5.74) is 0.608. The third-order valence-corrected chi connectivity index (χ3v) is 2.88. The van der Waals surface area contributed by atoms with Gasteiger partial charge in [-0.2, -0.15) is 0 Å². The van der Waals surface area contributed by atoms with E-state index in [0.29, 0.717) is 12.1 Å². The van der Waals surface area contributed by atoms with Gasteiger partial charge in [-0.25, -0.2) is 9.69 Å². The number of oxime groups is 1. The highest BCUT2D eigenvalue weighted by molar-refractivity contribution is 5.99. The van der Waals surface area contributed by atoms with Crippen LogP contribution < -0.4 is 0 Å². The average molecular weight is 270 g/mol. The molecule has 1 fully saturated rings. The van der Waals surface area contributed by atoms with Gasteiger partial charge in [0.25, 0.3) is 5.91 Å². The number of amides is 2. The van der Waals surface area contributed by atoms with Crippen LogP contribution in [0.1, 0.15) is 19.3 Å². The predicted octanol–water partition coefficient (Wildman–Crippen LogP) is 0.0633. The zero-order chi connectivity index (χ0) is 13.8. The molecular weight excluding hydrogens is 256 g/mol. The number of hydrogen-bond donors (Lipinski definition) is 0. The first-order valence-corrected chi connectivity index (χ1v) is 5.88. The molecule has 0 N–H and O–H groups in total. The quantitative estimate of drug-likeness (QED) is 0.670. The maximum Gasteiger partial charge on any atom is 0.416 e. The van der Waals surface area contributed by atoms with Crippen LogP contribution in [-0.2, 0) is 23.9 Å².